The Morgan fingerprint density at radius 3 is 2.74 bits per heavy atom. The van der Waals surface area contributed by atoms with E-state index in [-0.39, 0.29) is 12.5 Å². The lowest BCUT2D eigenvalue weighted by Gasteiger charge is -2.23. The summed E-state index contributed by atoms with van der Waals surface area (Å²) >= 11 is 0. The van der Waals surface area contributed by atoms with Crippen LogP contribution >= 0.6 is 0 Å². The number of aryl methyl sites for hydroxylation is 2. The minimum absolute atomic E-state index is 0.154. The molecular weight excluding hydrogens is 242 g/mol. The van der Waals surface area contributed by atoms with Crippen LogP contribution in [0.25, 0.3) is 0 Å². The molecule has 1 rings (SSSR count). The van der Waals surface area contributed by atoms with E-state index in [4.69, 9.17) is 4.74 Å². The maximum Gasteiger partial charge on any atom is 0.251 e. The third kappa shape index (κ3) is 5.01. The largest absolute Gasteiger partial charge is 0.388 e. The van der Waals surface area contributed by atoms with Gasteiger partial charge in [0.05, 0.1) is 5.60 Å². The fourth-order valence-electron chi connectivity index (χ4n) is 1.76. The highest BCUT2D eigenvalue weighted by molar-refractivity contribution is 5.95. The fraction of sp³-hybridized carbons (Fsp3) is 0.533. The van der Waals surface area contributed by atoms with Crippen LogP contribution in [0.4, 0.5) is 0 Å². The molecule has 0 aliphatic carbocycles. The van der Waals surface area contributed by atoms with E-state index >= 15 is 0 Å². The summed E-state index contributed by atoms with van der Waals surface area (Å²) in [6.07, 6.45) is 0.483. The number of hydrogen-bond acceptors (Lipinski definition) is 3. The molecule has 4 nitrogen and oxygen atoms in total. The van der Waals surface area contributed by atoms with Crippen LogP contribution in [0.2, 0.25) is 0 Å². The van der Waals surface area contributed by atoms with Crippen molar-refractivity contribution in [3.63, 3.8) is 0 Å². The number of amides is 1. The van der Waals surface area contributed by atoms with Gasteiger partial charge < -0.3 is 15.2 Å². The van der Waals surface area contributed by atoms with Crippen molar-refractivity contribution in [2.24, 2.45) is 0 Å². The zero-order chi connectivity index (χ0) is 14.5. The van der Waals surface area contributed by atoms with E-state index in [1.54, 1.807) is 14.0 Å². The van der Waals surface area contributed by atoms with Gasteiger partial charge in [0.15, 0.2) is 0 Å². The van der Waals surface area contributed by atoms with Crippen LogP contribution in [-0.2, 0) is 4.74 Å². The Hall–Kier alpha value is -1.39. The average molecular weight is 265 g/mol. The molecule has 1 atom stereocenters. The molecule has 19 heavy (non-hydrogen) atoms. The first kappa shape index (κ1) is 15.7. The number of carbonyl (C=O) groups is 1. The van der Waals surface area contributed by atoms with Crippen LogP contribution in [0.5, 0.6) is 0 Å². The molecule has 0 fully saturated rings. The Morgan fingerprint density at radius 1 is 1.42 bits per heavy atom. The normalized spacial score (nSPS) is 13.9. The Bertz CT molecular complexity index is 441. The van der Waals surface area contributed by atoms with E-state index in [1.807, 2.05) is 32.0 Å². The van der Waals surface area contributed by atoms with Crippen molar-refractivity contribution in [2.75, 3.05) is 20.3 Å². The van der Waals surface area contributed by atoms with Crippen molar-refractivity contribution in [3.05, 3.63) is 34.9 Å². The minimum atomic E-state index is -0.955. The molecule has 0 aliphatic rings. The fourth-order valence-corrected chi connectivity index (χ4v) is 1.76. The van der Waals surface area contributed by atoms with Crippen molar-refractivity contribution in [3.8, 4) is 0 Å². The van der Waals surface area contributed by atoms with Crippen LogP contribution in [0.15, 0.2) is 18.2 Å². The third-order valence-electron chi connectivity index (χ3n) is 3.11. The molecule has 2 N–H and O–H groups in total. The van der Waals surface area contributed by atoms with Gasteiger partial charge in [0.2, 0.25) is 0 Å². The summed E-state index contributed by atoms with van der Waals surface area (Å²) in [7, 11) is 1.59. The molecule has 1 unspecified atom stereocenters. The molecule has 1 aromatic rings. The van der Waals surface area contributed by atoms with Gasteiger partial charge in [-0.3, -0.25) is 4.79 Å². The first-order chi connectivity index (χ1) is 8.85. The van der Waals surface area contributed by atoms with Crippen molar-refractivity contribution >= 4 is 5.91 Å². The van der Waals surface area contributed by atoms with E-state index in [0.717, 1.165) is 11.1 Å². The number of nitrogens with one attached hydrogen (secondary N) is 1. The number of carbonyl (C=O) groups excluding carboxylic acids is 1. The van der Waals surface area contributed by atoms with Crippen LogP contribution in [0, 0.1) is 13.8 Å². The summed E-state index contributed by atoms with van der Waals surface area (Å²) in [5.41, 5.74) is 1.67. The van der Waals surface area contributed by atoms with Gasteiger partial charge in [-0.1, -0.05) is 17.7 Å². The maximum absolute atomic E-state index is 12.1. The van der Waals surface area contributed by atoms with Gasteiger partial charge in [0.25, 0.3) is 5.91 Å². The predicted octanol–water partition coefficient (Wildman–Crippen LogP) is 1.82. The topological polar surface area (TPSA) is 58.6 Å². The molecule has 1 aromatic carbocycles. The van der Waals surface area contributed by atoms with Gasteiger partial charge >= 0.3 is 0 Å². The van der Waals surface area contributed by atoms with Crippen molar-refractivity contribution < 1.29 is 14.6 Å². The molecule has 0 aromatic heterocycles. The zero-order valence-corrected chi connectivity index (χ0v) is 12.1. The van der Waals surface area contributed by atoms with E-state index in [0.29, 0.717) is 18.6 Å². The lowest BCUT2D eigenvalue weighted by Crippen LogP contribution is -2.41. The smallest absolute Gasteiger partial charge is 0.251 e. The number of rotatable bonds is 6. The summed E-state index contributed by atoms with van der Waals surface area (Å²) in [5.74, 6) is -0.154. The van der Waals surface area contributed by atoms with Crippen molar-refractivity contribution in [2.45, 2.75) is 32.8 Å². The molecule has 0 radical (unpaired) electrons. The van der Waals surface area contributed by atoms with E-state index in [2.05, 4.69) is 5.32 Å². The molecular formula is C15H23NO3. The molecule has 0 aliphatic heterocycles. The second-order valence-corrected chi connectivity index (χ2v) is 5.24. The number of methoxy groups -OCH3 is 1. The molecule has 0 bridgehead atoms. The first-order valence-electron chi connectivity index (χ1n) is 6.42. The lowest BCUT2D eigenvalue weighted by molar-refractivity contribution is 0.0243. The van der Waals surface area contributed by atoms with Gasteiger partial charge in [-0.05, 0) is 32.4 Å². The molecule has 0 saturated heterocycles. The lowest BCUT2D eigenvalue weighted by atomic mass is 10.0. The third-order valence-corrected chi connectivity index (χ3v) is 3.11. The highest BCUT2D eigenvalue weighted by atomic mass is 16.5. The van der Waals surface area contributed by atoms with Crippen LogP contribution in [0.1, 0.15) is 34.8 Å². The molecule has 4 heteroatoms. The highest BCUT2D eigenvalue weighted by Gasteiger charge is 2.21. The SMILES string of the molecule is COCCC(C)(O)CNC(=O)c1cc(C)ccc1C. The Balaban J connectivity index is 2.62. The van der Waals surface area contributed by atoms with E-state index in [9.17, 15) is 9.90 Å². The van der Waals surface area contributed by atoms with Crippen LogP contribution < -0.4 is 5.32 Å². The summed E-state index contributed by atoms with van der Waals surface area (Å²) in [6.45, 7) is 6.21. The molecule has 1 amide bonds. The Kier molecular flexibility index (Phi) is 5.51. The van der Waals surface area contributed by atoms with Gasteiger partial charge in [-0.15, -0.1) is 0 Å². The number of aliphatic hydroxyl groups is 1. The number of ether oxygens (including phenoxy) is 1. The summed E-state index contributed by atoms with van der Waals surface area (Å²) in [4.78, 5) is 12.1. The van der Waals surface area contributed by atoms with Crippen molar-refractivity contribution in [1.29, 1.82) is 0 Å². The van der Waals surface area contributed by atoms with E-state index in [1.165, 1.54) is 0 Å². The predicted molar refractivity (Wildman–Crippen MR) is 75.4 cm³/mol. The van der Waals surface area contributed by atoms with Gasteiger partial charge in [0, 0.05) is 32.2 Å². The summed E-state index contributed by atoms with van der Waals surface area (Å²) in [5, 5.41) is 12.8. The maximum atomic E-state index is 12.1. The quantitative estimate of drug-likeness (QED) is 0.825. The second-order valence-electron chi connectivity index (χ2n) is 5.24. The number of hydrogen-bond donors (Lipinski definition) is 2. The minimum Gasteiger partial charge on any atom is -0.388 e. The van der Waals surface area contributed by atoms with Crippen LogP contribution in [-0.4, -0.2) is 36.9 Å². The average Bonchev–Trinajstić information content (AvgIpc) is 2.36. The van der Waals surface area contributed by atoms with Crippen LogP contribution in [0.3, 0.4) is 0 Å². The standard InChI is InChI=1S/C15H23NO3/c1-11-5-6-12(2)13(9-11)14(17)16-10-15(3,18)7-8-19-4/h5-6,9,18H,7-8,10H2,1-4H3,(H,16,17). The molecule has 0 saturated carbocycles. The van der Waals surface area contributed by atoms with E-state index < -0.39 is 5.60 Å². The highest BCUT2D eigenvalue weighted by Crippen LogP contribution is 2.12. The van der Waals surface area contributed by atoms with Gasteiger partial charge in [0.1, 0.15) is 0 Å². The molecule has 0 heterocycles. The Labute approximate surface area is 114 Å². The second kappa shape index (κ2) is 6.68. The monoisotopic (exact) mass is 265 g/mol. The first-order valence-corrected chi connectivity index (χ1v) is 6.42. The molecule has 106 valence electrons. The van der Waals surface area contributed by atoms with Gasteiger partial charge in [-0.2, -0.15) is 0 Å². The van der Waals surface area contributed by atoms with Crippen molar-refractivity contribution in [1.82, 2.24) is 5.32 Å². The zero-order valence-electron chi connectivity index (χ0n) is 12.1. The summed E-state index contributed by atoms with van der Waals surface area (Å²) < 4.78 is 4.93. The Morgan fingerprint density at radius 2 is 2.11 bits per heavy atom. The summed E-state index contributed by atoms with van der Waals surface area (Å²) in [6, 6.07) is 5.75. The molecule has 0 spiro atoms. The number of benzene rings is 1. The van der Waals surface area contributed by atoms with Gasteiger partial charge in [-0.25, -0.2) is 0 Å².